The molecule has 1 unspecified atom stereocenters. The zero-order valence-electron chi connectivity index (χ0n) is 14.4. The number of hydrogen-bond acceptors (Lipinski definition) is 8. The van der Waals surface area contributed by atoms with Crippen molar-refractivity contribution >= 4 is 39.4 Å². The Labute approximate surface area is 157 Å². The molecule has 10 heteroatoms. The molecule has 9 nitrogen and oxygen atoms in total. The lowest BCUT2D eigenvalue weighted by Crippen LogP contribution is -2.25. The monoisotopic (exact) mass is 390 g/mol. The van der Waals surface area contributed by atoms with Crippen molar-refractivity contribution in [1.29, 1.82) is 0 Å². The van der Waals surface area contributed by atoms with E-state index < -0.39 is 27.2 Å². The van der Waals surface area contributed by atoms with Gasteiger partial charge in [-0.3, -0.25) is 20.2 Å². The maximum absolute atomic E-state index is 11.8. The predicted molar refractivity (Wildman–Crippen MR) is 97.7 cm³/mol. The minimum Gasteiger partial charge on any atom is -0.545 e. The number of non-ortho nitro benzene ring substituents is 1. The van der Waals surface area contributed by atoms with Crippen LogP contribution in [0.3, 0.4) is 0 Å². The van der Waals surface area contributed by atoms with Gasteiger partial charge in [0.15, 0.2) is 0 Å². The number of carbonyl (C=O) groups excluding carboxylic acids is 1. The summed E-state index contributed by atoms with van der Waals surface area (Å²) in [5.41, 5.74) is -0.120. The lowest BCUT2D eigenvalue weighted by molar-refractivity contribution is -0.393. The number of nitrogens with one attached hydrogen (secondary N) is 1. The third-order valence-electron chi connectivity index (χ3n) is 4.72. The highest BCUT2D eigenvalue weighted by Crippen LogP contribution is 2.46. The number of thiophene rings is 1. The van der Waals surface area contributed by atoms with E-state index in [9.17, 15) is 30.1 Å². The third kappa shape index (κ3) is 3.47. The molecule has 0 fully saturated rings. The molecule has 142 valence electrons. The van der Waals surface area contributed by atoms with Crippen LogP contribution < -0.4 is 10.4 Å². The van der Waals surface area contributed by atoms with Gasteiger partial charge in [-0.15, -0.1) is 11.3 Å². The molecular weight excluding hydrogens is 374 g/mol. The van der Waals surface area contributed by atoms with Crippen LogP contribution in [0, 0.1) is 20.2 Å². The van der Waals surface area contributed by atoms with Crippen LogP contribution in [-0.4, -0.2) is 15.8 Å². The van der Waals surface area contributed by atoms with E-state index in [0.717, 1.165) is 48.3 Å². The second-order valence-corrected chi connectivity index (χ2v) is 7.37. The molecule has 0 saturated heterocycles. The van der Waals surface area contributed by atoms with Gasteiger partial charge in [-0.2, -0.15) is 0 Å². The van der Waals surface area contributed by atoms with Crippen molar-refractivity contribution in [2.24, 2.45) is 0 Å². The number of anilines is 2. The van der Waals surface area contributed by atoms with Gasteiger partial charge in [-0.25, -0.2) is 0 Å². The number of fused-ring (bicyclic) bond motifs is 1. The highest BCUT2D eigenvalue weighted by Gasteiger charge is 2.29. The van der Waals surface area contributed by atoms with E-state index in [1.54, 1.807) is 0 Å². The highest BCUT2D eigenvalue weighted by atomic mass is 32.1. The number of hydrogen-bond donors (Lipinski definition) is 1. The van der Waals surface area contributed by atoms with Gasteiger partial charge >= 0.3 is 0 Å². The van der Waals surface area contributed by atoms with Crippen LogP contribution in [0.15, 0.2) is 18.2 Å². The molecule has 1 N–H and O–H groups in total. The number of nitrogens with zero attached hydrogens (tertiary/aromatic N) is 2. The van der Waals surface area contributed by atoms with E-state index in [1.165, 1.54) is 17.4 Å². The fourth-order valence-corrected chi connectivity index (χ4v) is 4.80. The van der Waals surface area contributed by atoms with Crippen LogP contribution in [0.2, 0.25) is 0 Å². The topological polar surface area (TPSA) is 138 Å². The van der Waals surface area contributed by atoms with Gasteiger partial charge in [0.05, 0.1) is 21.9 Å². The van der Waals surface area contributed by atoms with Gasteiger partial charge in [-0.1, -0.05) is 6.92 Å². The molecule has 3 rings (SSSR count). The molecule has 1 atom stereocenters. The van der Waals surface area contributed by atoms with Gasteiger partial charge in [0, 0.05) is 16.5 Å². The Hall–Kier alpha value is -3.01. The van der Waals surface area contributed by atoms with Crippen molar-refractivity contribution in [3.8, 4) is 0 Å². The van der Waals surface area contributed by atoms with Gasteiger partial charge in [0.25, 0.3) is 11.4 Å². The van der Waals surface area contributed by atoms with Crippen LogP contribution in [0.5, 0.6) is 0 Å². The molecule has 27 heavy (non-hydrogen) atoms. The molecular formula is C17H16N3O6S-. The van der Waals surface area contributed by atoms with E-state index in [2.05, 4.69) is 5.32 Å². The molecule has 1 aliphatic rings. The van der Waals surface area contributed by atoms with Gasteiger partial charge in [0.1, 0.15) is 10.7 Å². The number of nitro groups is 2. The lowest BCUT2D eigenvalue weighted by atomic mass is 9.83. The Balaban J connectivity index is 2.09. The number of carboxylic acid groups (broad SMARTS) is 1. The van der Waals surface area contributed by atoms with E-state index in [1.807, 2.05) is 6.92 Å². The maximum atomic E-state index is 11.8. The van der Waals surface area contributed by atoms with Crippen LogP contribution >= 0.6 is 11.3 Å². The molecule has 2 aromatic rings. The van der Waals surface area contributed by atoms with Gasteiger partial charge < -0.3 is 15.2 Å². The zero-order chi connectivity index (χ0) is 19.7. The summed E-state index contributed by atoms with van der Waals surface area (Å²) < 4.78 is 0. The largest absolute Gasteiger partial charge is 0.545 e. The molecule has 1 aromatic heterocycles. The van der Waals surface area contributed by atoms with Crippen molar-refractivity contribution in [2.45, 2.75) is 38.5 Å². The molecule has 1 heterocycles. The van der Waals surface area contributed by atoms with Crippen molar-refractivity contribution in [3.63, 3.8) is 0 Å². The normalized spacial score (nSPS) is 15.8. The standard InChI is InChI=1S/C17H17N3O6S/c1-2-9-4-3-5-13-14(9)15(17(21)22)16(27-13)18-11-7-6-10(19(23)24)8-12(11)20(25)26/h6-9,18H,2-5H2,1H3,(H,21,22)/p-1. The number of aryl methyl sites for hydroxylation is 1. The summed E-state index contributed by atoms with van der Waals surface area (Å²) in [7, 11) is 0. The van der Waals surface area contributed by atoms with Gasteiger partial charge in [0.2, 0.25) is 0 Å². The molecule has 1 aromatic carbocycles. The lowest BCUT2D eigenvalue weighted by Gasteiger charge is -2.23. The Bertz CT molecular complexity index is 939. The first-order valence-corrected chi connectivity index (χ1v) is 9.21. The molecule has 0 spiro atoms. The van der Waals surface area contributed by atoms with Gasteiger partial charge in [-0.05, 0) is 43.2 Å². The summed E-state index contributed by atoms with van der Waals surface area (Å²) in [4.78, 5) is 33.5. The molecule has 0 aliphatic heterocycles. The molecule has 0 amide bonds. The van der Waals surface area contributed by atoms with Crippen LogP contribution in [0.1, 0.15) is 52.9 Å². The number of rotatable bonds is 6. The number of carbonyl (C=O) groups is 1. The molecule has 1 aliphatic carbocycles. The van der Waals surface area contributed by atoms with E-state index in [0.29, 0.717) is 0 Å². The van der Waals surface area contributed by atoms with Crippen molar-refractivity contribution in [1.82, 2.24) is 0 Å². The Morgan fingerprint density at radius 3 is 2.63 bits per heavy atom. The van der Waals surface area contributed by atoms with Crippen molar-refractivity contribution in [2.75, 3.05) is 5.32 Å². The first-order chi connectivity index (χ1) is 12.8. The second-order valence-electron chi connectivity index (χ2n) is 6.27. The Morgan fingerprint density at radius 2 is 2.04 bits per heavy atom. The summed E-state index contributed by atoms with van der Waals surface area (Å²) in [5.74, 6) is -1.22. The summed E-state index contributed by atoms with van der Waals surface area (Å²) >= 11 is 1.25. The second kappa shape index (κ2) is 7.31. The quantitative estimate of drug-likeness (QED) is 0.588. The third-order valence-corrected chi connectivity index (χ3v) is 5.90. The summed E-state index contributed by atoms with van der Waals surface area (Å²) in [6.45, 7) is 1.99. The zero-order valence-corrected chi connectivity index (χ0v) is 15.2. The maximum Gasteiger partial charge on any atom is 0.299 e. The summed E-state index contributed by atoms with van der Waals surface area (Å²) in [6, 6.07) is 3.20. The van der Waals surface area contributed by atoms with Crippen molar-refractivity contribution in [3.05, 3.63) is 54.4 Å². The smallest absolute Gasteiger partial charge is 0.299 e. The number of aromatic carboxylic acids is 1. The number of nitro benzene ring substituents is 2. The van der Waals surface area contributed by atoms with Crippen LogP contribution in [0.4, 0.5) is 22.1 Å². The minimum atomic E-state index is -1.33. The fraction of sp³-hybridized carbons (Fsp3) is 0.353. The average Bonchev–Trinajstić information content (AvgIpc) is 2.99. The predicted octanol–water partition coefficient (Wildman–Crippen LogP) is 3.50. The number of benzene rings is 1. The van der Waals surface area contributed by atoms with Crippen LogP contribution in [-0.2, 0) is 6.42 Å². The summed E-state index contributed by atoms with van der Waals surface area (Å²) in [5, 5.41) is 37.1. The molecule has 0 saturated carbocycles. The SMILES string of the molecule is CCC1CCCc2sc(Nc3ccc([N+](=O)[O-])cc3[N+](=O)[O-])c(C(=O)[O-])c21. The Kier molecular flexibility index (Phi) is 5.08. The Morgan fingerprint density at radius 1 is 1.30 bits per heavy atom. The highest BCUT2D eigenvalue weighted by molar-refractivity contribution is 7.16. The first kappa shape index (κ1) is 18.8. The first-order valence-electron chi connectivity index (χ1n) is 8.40. The summed E-state index contributed by atoms with van der Waals surface area (Å²) in [6.07, 6.45) is 3.38. The van der Waals surface area contributed by atoms with Crippen molar-refractivity contribution < 1.29 is 19.7 Å². The fourth-order valence-electron chi connectivity index (χ4n) is 3.47. The van der Waals surface area contributed by atoms with Crippen LogP contribution in [0.25, 0.3) is 0 Å². The number of carboxylic acids is 1. The molecule has 0 radical (unpaired) electrons. The van der Waals surface area contributed by atoms with E-state index in [-0.39, 0.29) is 22.2 Å². The van der Waals surface area contributed by atoms with E-state index >= 15 is 0 Å². The van der Waals surface area contributed by atoms with E-state index in [4.69, 9.17) is 0 Å². The molecule has 0 bridgehead atoms. The average molecular weight is 390 g/mol. The minimum absolute atomic E-state index is 0.000236.